The van der Waals surface area contributed by atoms with Crippen molar-refractivity contribution in [3.05, 3.63) is 45.8 Å². The van der Waals surface area contributed by atoms with Crippen molar-refractivity contribution in [3.8, 4) is 11.5 Å². The van der Waals surface area contributed by atoms with Gasteiger partial charge in [0.05, 0.1) is 23.8 Å². The summed E-state index contributed by atoms with van der Waals surface area (Å²) in [5.74, 6) is -0.909. The molecule has 0 amide bonds. The molecular weight excluding hydrogens is 268 g/mol. The van der Waals surface area contributed by atoms with Gasteiger partial charge in [-0.25, -0.2) is 4.79 Å². The Balaban J connectivity index is 2.29. The van der Waals surface area contributed by atoms with Crippen molar-refractivity contribution in [2.75, 3.05) is 7.11 Å². The van der Waals surface area contributed by atoms with Crippen molar-refractivity contribution in [2.45, 2.75) is 6.92 Å². The summed E-state index contributed by atoms with van der Waals surface area (Å²) in [5.41, 5.74) is 0.120. The number of carbonyl (C=O) groups is 1. The fourth-order valence-corrected chi connectivity index (χ4v) is 1.46. The summed E-state index contributed by atoms with van der Waals surface area (Å²) >= 11 is 0. The third-order valence-corrected chi connectivity index (χ3v) is 2.39. The predicted octanol–water partition coefficient (Wildman–Crippen LogP) is 2.12. The lowest BCUT2D eigenvalue weighted by molar-refractivity contribution is -0.385. The molecule has 2 rings (SSSR count). The standard InChI is InChI=1S/C12H10N2O6/c1-7-5-11(20-13-7)12(15)19-10-4-3-8(18-2)6-9(10)14(16)17/h3-6H,1-2H3. The molecule has 0 unspecified atom stereocenters. The number of benzene rings is 1. The second-order valence-corrected chi connectivity index (χ2v) is 3.81. The van der Waals surface area contributed by atoms with E-state index in [9.17, 15) is 14.9 Å². The van der Waals surface area contributed by atoms with Gasteiger partial charge in [0, 0.05) is 6.07 Å². The lowest BCUT2D eigenvalue weighted by Gasteiger charge is -2.05. The van der Waals surface area contributed by atoms with Gasteiger partial charge in [-0.2, -0.15) is 0 Å². The summed E-state index contributed by atoms with van der Waals surface area (Å²) in [7, 11) is 1.38. The molecule has 20 heavy (non-hydrogen) atoms. The number of hydrogen-bond donors (Lipinski definition) is 0. The van der Waals surface area contributed by atoms with E-state index in [1.165, 1.54) is 25.3 Å². The van der Waals surface area contributed by atoms with Crippen LogP contribution in [0.4, 0.5) is 5.69 Å². The normalized spacial score (nSPS) is 10.1. The van der Waals surface area contributed by atoms with Crippen molar-refractivity contribution in [2.24, 2.45) is 0 Å². The third-order valence-electron chi connectivity index (χ3n) is 2.39. The summed E-state index contributed by atoms with van der Waals surface area (Å²) < 4.78 is 14.5. The first-order valence-corrected chi connectivity index (χ1v) is 5.49. The van der Waals surface area contributed by atoms with Gasteiger partial charge in [-0.3, -0.25) is 10.1 Å². The van der Waals surface area contributed by atoms with Crippen LogP contribution in [0.1, 0.15) is 16.2 Å². The zero-order chi connectivity index (χ0) is 14.7. The Kier molecular flexibility index (Phi) is 3.65. The third kappa shape index (κ3) is 2.74. The van der Waals surface area contributed by atoms with E-state index in [1.54, 1.807) is 6.92 Å². The molecule has 1 heterocycles. The number of carbonyl (C=O) groups excluding carboxylic acids is 1. The van der Waals surface area contributed by atoms with Crippen LogP contribution in [0.15, 0.2) is 28.8 Å². The van der Waals surface area contributed by atoms with E-state index in [0.717, 1.165) is 6.07 Å². The minimum Gasteiger partial charge on any atom is -0.496 e. The molecule has 104 valence electrons. The van der Waals surface area contributed by atoms with Gasteiger partial charge in [0.15, 0.2) is 0 Å². The fraction of sp³-hybridized carbons (Fsp3) is 0.167. The lowest BCUT2D eigenvalue weighted by atomic mass is 10.3. The van der Waals surface area contributed by atoms with Crippen molar-refractivity contribution >= 4 is 11.7 Å². The van der Waals surface area contributed by atoms with Crippen molar-refractivity contribution < 1.29 is 23.7 Å². The van der Waals surface area contributed by atoms with Gasteiger partial charge in [0.25, 0.3) is 0 Å². The Morgan fingerprint density at radius 2 is 2.15 bits per heavy atom. The summed E-state index contributed by atoms with van der Waals surface area (Å²) in [5, 5.41) is 14.5. The predicted molar refractivity (Wildman–Crippen MR) is 65.8 cm³/mol. The molecule has 0 aliphatic rings. The number of hydrogen-bond acceptors (Lipinski definition) is 7. The Bertz CT molecular complexity index is 664. The topological polar surface area (TPSA) is 105 Å². The van der Waals surface area contributed by atoms with E-state index in [4.69, 9.17) is 14.0 Å². The minimum absolute atomic E-state index is 0.132. The van der Waals surface area contributed by atoms with Gasteiger partial charge in [-0.1, -0.05) is 5.16 Å². The highest BCUT2D eigenvalue weighted by molar-refractivity contribution is 5.88. The number of rotatable bonds is 4. The van der Waals surface area contributed by atoms with Crippen molar-refractivity contribution in [3.63, 3.8) is 0 Å². The number of methoxy groups -OCH3 is 1. The lowest BCUT2D eigenvalue weighted by Crippen LogP contribution is -2.08. The molecule has 0 N–H and O–H groups in total. The second kappa shape index (κ2) is 5.39. The summed E-state index contributed by atoms with van der Waals surface area (Å²) in [6.45, 7) is 1.64. The van der Waals surface area contributed by atoms with Crippen LogP contribution >= 0.6 is 0 Å². The summed E-state index contributed by atoms with van der Waals surface area (Å²) in [6, 6.07) is 5.26. The molecule has 8 nitrogen and oxygen atoms in total. The first-order valence-electron chi connectivity index (χ1n) is 5.49. The molecule has 8 heteroatoms. The van der Waals surface area contributed by atoms with Crippen molar-refractivity contribution in [1.29, 1.82) is 0 Å². The zero-order valence-corrected chi connectivity index (χ0v) is 10.7. The average molecular weight is 278 g/mol. The number of esters is 1. The van der Waals surface area contributed by atoms with E-state index in [-0.39, 0.29) is 22.9 Å². The molecular formula is C12H10N2O6. The molecule has 1 aromatic carbocycles. The van der Waals surface area contributed by atoms with Gasteiger partial charge < -0.3 is 14.0 Å². The number of nitro groups is 1. The van der Waals surface area contributed by atoms with Gasteiger partial charge in [-0.05, 0) is 19.1 Å². The SMILES string of the molecule is COc1ccc(OC(=O)c2cc(C)no2)c([N+](=O)[O-])c1. The number of aryl methyl sites for hydroxylation is 1. The molecule has 0 radical (unpaired) electrons. The molecule has 0 aliphatic carbocycles. The van der Waals surface area contributed by atoms with Crippen molar-refractivity contribution in [1.82, 2.24) is 5.16 Å². The van der Waals surface area contributed by atoms with E-state index >= 15 is 0 Å². The summed E-state index contributed by atoms with van der Waals surface area (Å²) in [4.78, 5) is 22.0. The van der Waals surface area contributed by atoms with E-state index < -0.39 is 10.9 Å². The second-order valence-electron chi connectivity index (χ2n) is 3.81. The van der Waals surface area contributed by atoms with Crippen LogP contribution in [-0.4, -0.2) is 23.2 Å². The number of nitrogens with zero attached hydrogens (tertiary/aromatic N) is 2. The van der Waals surface area contributed by atoms with Crippen LogP contribution in [-0.2, 0) is 0 Å². The zero-order valence-electron chi connectivity index (χ0n) is 10.7. The Hall–Kier alpha value is -2.90. The molecule has 2 aromatic rings. The smallest absolute Gasteiger partial charge is 0.382 e. The highest BCUT2D eigenvalue weighted by Crippen LogP contribution is 2.31. The molecule has 0 fully saturated rings. The Labute approximate surface area is 113 Å². The molecule has 0 saturated heterocycles. The summed E-state index contributed by atoms with van der Waals surface area (Å²) in [6.07, 6.45) is 0. The van der Waals surface area contributed by atoms with Crippen LogP contribution < -0.4 is 9.47 Å². The highest BCUT2D eigenvalue weighted by Gasteiger charge is 2.22. The van der Waals surface area contributed by atoms with Crippen LogP contribution in [0, 0.1) is 17.0 Å². The van der Waals surface area contributed by atoms with Gasteiger partial charge in [0.1, 0.15) is 5.75 Å². The van der Waals surface area contributed by atoms with Crippen LogP contribution in [0.5, 0.6) is 11.5 Å². The van der Waals surface area contributed by atoms with Gasteiger partial charge >= 0.3 is 11.7 Å². The molecule has 0 bridgehead atoms. The highest BCUT2D eigenvalue weighted by atomic mass is 16.6. The molecule has 0 spiro atoms. The Morgan fingerprint density at radius 3 is 2.70 bits per heavy atom. The molecule has 0 aliphatic heterocycles. The molecule has 0 saturated carbocycles. The largest absolute Gasteiger partial charge is 0.496 e. The first kappa shape index (κ1) is 13.5. The first-order chi connectivity index (χ1) is 9.51. The van der Waals surface area contributed by atoms with Crippen LogP contribution in [0.2, 0.25) is 0 Å². The van der Waals surface area contributed by atoms with Gasteiger partial charge in [-0.15, -0.1) is 0 Å². The number of ether oxygens (including phenoxy) is 2. The maximum Gasteiger partial charge on any atom is 0.382 e. The molecule has 1 aromatic heterocycles. The maximum absolute atomic E-state index is 11.7. The monoisotopic (exact) mass is 278 g/mol. The minimum atomic E-state index is -0.862. The molecule has 0 atom stereocenters. The van der Waals surface area contributed by atoms with E-state index in [0.29, 0.717) is 5.69 Å². The van der Waals surface area contributed by atoms with Crippen LogP contribution in [0.25, 0.3) is 0 Å². The van der Waals surface area contributed by atoms with Crippen LogP contribution in [0.3, 0.4) is 0 Å². The van der Waals surface area contributed by atoms with Gasteiger partial charge in [0.2, 0.25) is 11.5 Å². The van der Waals surface area contributed by atoms with E-state index in [1.807, 2.05) is 0 Å². The number of nitro benzene ring substituents is 1. The Morgan fingerprint density at radius 1 is 1.40 bits per heavy atom. The average Bonchev–Trinajstić information content (AvgIpc) is 2.85. The fourth-order valence-electron chi connectivity index (χ4n) is 1.46. The van der Waals surface area contributed by atoms with E-state index in [2.05, 4.69) is 5.16 Å². The number of aromatic nitrogens is 1. The maximum atomic E-state index is 11.7. The quantitative estimate of drug-likeness (QED) is 0.365.